The van der Waals surface area contributed by atoms with Crippen molar-refractivity contribution in [1.82, 2.24) is 10.1 Å². The Morgan fingerprint density at radius 2 is 1.64 bits per heavy atom. The van der Waals surface area contributed by atoms with Crippen LogP contribution in [0.25, 0.3) is 11.4 Å². The van der Waals surface area contributed by atoms with Gasteiger partial charge in [-0.1, -0.05) is 60.5 Å². The van der Waals surface area contributed by atoms with Crippen LogP contribution in [0.15, 0.2) is 64.0 Å². The van der Waals surface area contributed by atoms with Crippen LogP contribution in [-0.4, -0.2) is 18.6 Å². The molecular formula is C21H21N3O3S. The van der Waals surface area contributed by atoms with Crippen molar-refractivity contribution in [3.8, 4) is 11.4 Å². The number of benzene rings is 2. The number of aromatic nitrogens is 2. The number of rotatable bonds is 4. The maximum absolute atomic E-state index is 11.5. The van der Waals surface area contributed by atoms with Crippen molar-refractivity contribution in [2.24, 2.45) is 10.6 Å². The molecule has 0 saturated heterocycles. The van der Waals surface area contributed by atoms with Gasteiger partial charge in [-0.3, -0.25) is 0 Å². The smallest absolute Gasteiger partial charge is 0.238 e. The zero-order valence-electron chi connectivity index (χ0n) is 15.3. The Kier molecular flexibility index (Phi) is 3.93. The van der Waals surface area contributed by atoms with Crippen molar-refractivity contribution in [2.45, 2.75) is 42.4 Å². The fraction of sp³-hybridized carbons (Fsp3) is 0.333. The first-order valence-electron chi connectivity index (χ1n) is 9.51. The minimum Gasteiger partial charge on any atom is -0.339 e. The van der Waals surface area contributed by atoms with Crippen LogP contribution in [0.1, 0.15) is 49.0 Å². The summed E-state index contributed by atoms with van der Waals surface area (Å²) in [7, 11) is -3.69. The molecule has 6 nitrogen and oxygen atoms in total. The van der Waals surface area contributed by atoms with Gasteiger partial charge < -0.3 is 4.52 Å². The zero-order valence-corrected chi connectivity index (χ0v) is 16.1. The van der Waals surface area contributed by atoms with Gasteiger partial charge >= 0.3 is 0 Å². The molecule has 2 saturated carbocycles. The molecule has 1 spiro atoms. The normalized spacial score (nSPS) is 23.2. The lowest BCUT2D eigenvalue weighted by molar-refractivity contribution is 0.360. The van der Waals surface area contributed by atoms with Crippen LogP contribution in [0.2, 0.25) is 0 Å². The Balaban J connectivity index is 1.48. The molecule has 2 N–H and O–H groups in total. The summed E-state index contributed by atoms with van der Waals surface area (Å²) in [5, 5.41) is 9.42. The van der Waals surface area contributed by atoms with Crippen LogP contribution in [0.3, 0.4) is 0 Å². The largest absolute Gasteiger partial charge is 0.339 e. The van der Waals surface area contributed by atoms with Crippen molar-refractivity contribution >= 4 is 10.0 Å². The Labute approximate surface area is 163 Å². The molecule has 2 fully saturated rings. The molecule has 144 valence electrons. The highest BCUT2D eigenvalue weighted by Gasteiger charge is 2.68. The van der Waals surface area contributed by atoms with Gasteiger partial charge in [0.2, 0.25) is 21.7 Å². The average molecular weight is 395 g/mol. The average Bonchev–Trinajstić information content (AvgIpc) is 3.05. The summed E-state index contributed by atoms with van der Waals surface area (Å²) in [6.45, 7) is 0. The molecule has 3 aromatic rings. The second-order valence-electron chi connectivity index (χ2n) is 7.83. The quantitative estimate of drug-likeness (QED) is 0.724. The summed E-state index contributed by atoms with van der Waals surface area (Å²) in [4.78, 5) is 4.84. The third kappa shape index (κ3) is 2.77. The van der Waals surface area contributed by atoms with Crippen LogP contribution in [0.5, 0.6) is 0 Å². The molecule has 2 aromatic carbocycles. The van der Waals surface area contributed by atoms with Crippen LogP contribution in [0, 0.1) is 5.41 Å². The molecule has 7 heteroatoms. The summed E-state index contributed by atoms with van der Waals surface area (Å²) < 4.78 is 28.8. The highest BCUT2D eigenvalue weighted by molar-refractivity contribution is 7.89. The number of hydrogen-bond acceptors (Lipinski definition) is 5. The van der Waals surface area contributed by atoms with Crippen molar-refractivity contribution in [2.75, 3.05) is 0 Å². The molecule has 1 heterocycles. The zero-order chi connectivity index (χ0) is 19.4. The molecular weight excluding hydrogens is 374 g/mol. The molecule has 28 heavy (non-hydrogen) atoms. The van der Waals surface area contributed by atoms with Gasteiger partial charge in [-0.05, 0) is 36.0 Å². The Bertz CT molecular complexity index is 1100. The molecule has 2 atom stereocenters. The first kappa shape index (κ1) is 17.6. The lowest BCUT2D eigenvalue weighted by atomic mass is 9.97. The van der Waals surface area contributed by atoms with Gasteiger partial charge in [-0.2, -0.15) is 4.98 Å². The first-order valence-corrected chi connectivity index (χ1v) is 11.1. The molecule has 2 aliphatic rings. The summed E-state index contributed by atoms with van der Waals surface area (Å²) >= 11 is 0. The monoisotopic (exact) mass is 395 g/mol. The number of primary sulfonamides is 1. The van der Waals surface area contributed by atoms with Crippen LogP contribution in [0.4, 0.5) is 0 Å². The Morgan fingerprint density at radius 1 is 0.964 bits per heavy atom. The summed E-state index contributed by atoms with van der Waals surface area (Å²) in [6, 6.07) is 16.7. The van der Waals surface area contributed by atoms with Gasteiger partial charge in [0, 0.05) is 11.5 Å². The number of nitrogens with zero attached hydrogens (tertiary/aromatic N) is 2. The summed E-state index contributed by atoms with van der Waals surface area (Å²) in [6.07, 6.45) is 4.65. The number of sulfonamides is 1. The van der Waals surface area contributed by atoms with Crippen molar-refractivity contribution in [3.63, 3.8) is 0 Å². The van der Waals surface area contributed by atoms with E-state index in [1.54, 1.807) is 12.1 Å². The second-order valence-corrected chi connectivity index (χ2v) is 9.39. The lowest BCUT2D eigenvalue weighted by Gasteiger charge is -2.08. The molecule has 1 aromatic heterocycles. The van der Waals surface area contributed by atoms with Crippen molar-refractivity contribution in [3.05, 3.63) is 66.1 Å². The number of hydrogen-bond donors (Lipinski definition) is 1. The fourth-order valence-corrected chi connectivity index (χ4v) is 5.51. The van der Waals surface area contributed by atoms with Crippen LogP contribution < -0.4 is 5.14 Å². The van der Waals surface area contributed by atoms with E-state index in [0.29, 0.717) is 11.7 Å². The lowest BCUT2D eigenvalue weighted by Crippen LogP contribution is -2.11. The van der Waals surface area contributed by atoms with E-state index in [0.717, 1.165) is 24.0 Å². The number of nitrogens with two attached hydrogens (primary N) is 1. The standard InChI is InChI=1S/C21H21N3O3S/c22-28(25,26)16-10-8-14(9-11-16)17-18(21(17)12-4-5-13-21)20-23-19(24-27-20)15-6-2-1-3-7-15/h1-3,6-11,17-18H,4-5,12-13H2,(H2,22,25,26)/t17-,18+/m0/s1. The molecule has 2 aliphatic carbocycles. The predicted molar refractivity (Wildman–Crippen MR) is 104 cm³/mol. The Morgan fingerprint density at radius 3 is 2.29 bits per heavy atom. The van der Waals surface area contributed by atoms with E-state index >= 15 is 0 Å². The third-order valence-corrected chi connectivity index (χ3v) is 7.23. The predicted octanol–water partition coefficient (Wildman–Crippen LogP) is 3.83. The minimum absolute atomic E-state index is 0.137. The fourth-order valence-electron chi connectivity index (χ4n) is 4.99. The van der Waals surface area contributed by atoms with E-state index in [9.17, 15) is 8.42 Å². The van der Waals surface area contributed by atoms with Gasteiger partial charge in [0.05, 0.1) is 10.8 Å². The van der Waals surface area contributed by atoms with E-state index in [4.69, 9.17) is 14.6 Å². The highest BCUT2D eigenvalue weighted by Crippen LogP contribution is 2.76. The molecule has 0 bridgehead atoms. The molecule has 0 amide bonds. The van der Waals surface area contributed by atoms with E-state index in [-0.39, 0.29) is 22.1 Å². The van der Waals surface area contributed by atoms with Crippen molar-refractivity contribution in [1.29, 1.82) is 0 Å². The highest BCUT2D eigenvalue weighted by atomic mass is 32.2. The molecule has 0 unspecified atom stereocenters. The molecule has 5 rings (SSSR count). The van der Waals surface area contributed by atoms with E-state index in [1.807, 2.05) is 42.5 Å². The van der Waals surface area contributed by atoms with E-state index < -0.39 is 10.0 Å². The van der Waals surface area contributed by atoms with Gasteiger partial charge in [0.25, 0.3) is 0 Å². The SMILES string of the molecule is NS(=O)(=O)c1ccc([C@H]2[C@H](c3nc(-c4ccccc4)no3)C23CCCC3)cc1. The van der Waals surface area contributed by atoms with Gasteiger partial charge in [-0.25, -0.2) is 13.6 Å². The van der Waals surface area contributed by atoms with Crippen LogP contribution in [-0.2, 0) is 10.0 Å². The molecule has 0 radical (unpaired) electrons. The molecule has 0 aliphatic heterocycles. The summed E-state index contributed by atoms with van der Waals surface area (Å²) in [5.74, 6) is 1.74. The second kappa shape index (κ2) is 6.25. The third-order valence-electron chi connectivity index (χ3n) is 6.30. The van der Waals surface area contributed by atoms with Crippen molar-refractivity contribution < 1.29 is 12.9 Å². The first-order chi connectivity index (χ1) is 13.5. The van der Waals surface area contributed by atoms with E-state index in [1.165, 1.54) is 12.8 Å². The van der Waals surface area contributed by atoms with Crippen LogP contribution >= 0.6 is 0 Å². The van der Waals surface area contributed by atoms with Gasteiger partial charge in [-0.15, -0.1) is 0 Å². The van der Waals surface area contributed by atoms with E-state index in [2.05, 4.69) is 5.16 Å². The Hall–Kier alpha value is -2.51. The maximum atomic E-state index is 11.5. The van der Waals surface area contributed by atoms with Gasteiger partial charge in [0.15, 0.2) is 0 Å². The van der Waals surface area contributed by atoms with Gasteiger partial charge in [0.1, 0.15) is 0 Å². The minimum atomic E-state index is -3.69. The maximum Gasteiger partial charge on any atom is 0.238 e. The topological polar surface area (TPSA) is 99.1 Å². The summed E-state index contributed by atoms with van der Waals surface area (Å²) in [5.41, 5.74) is 2.19.